The summed E-state index contributed by atoms with van der Waals surface area (Å²) in [6.07, 6.45) is 5.44. The van der Waals surface area contributed by atoms with Crippen molar-refractivity contribution in [2.75, 3.05) is 14.1 Å². The second-order valence-electron chi connectivity index (χ2n) is 6.40. The highest BCUT2D eigenvalue weighted by Gasteiger charge is 2.44. The van der Waals surface area contributed by atoms with Crippen LogP contribution < -0.4 is 0 Å². The summed E-state index contributed by atoms with van der Waals surface area (Å²) in [7, 11) is 3.99. The Kier molecular flexibility index (Phi) is 4.28. The highest BCUT2D eigenvalue weighted by atomic mass is 16.7. The number of hydrogen-bond acceptors (Lipinski definition) is 6. The van der Waals surface area contributed by atoms with Crippen LogP contribution in [0, 0.1) is 0 Å². The Morgan fingerprint density at radius 3 is 1.62 bits per heavy atom. The normalized spacial score (nSPS) is 31.6. The Bertz CT molecular complexity index is 610. The lowest BCUT2D eigenvalue weighted by Gasteiger charge is -2.27. The zero-order chi connectivity index (χ0) is 16.5. The van der Waals surface area contributed by atoms with Gasteiger partial charge in [0.15, 0.2) is 0 Å². The van der Waals surface area contributed by atoms with Gasteiger partial charge < -0.3 is 0 Å². The Hall–Kier alpha value is -1.86. The molecular formula is C18H22N4O2. The third kappa shape index (κ3) is 2.93. The first-order valence-corrected chi connectivity index (χ1v) is 8.33. The Morgan fingerprint density at radius 1 is 0.792 bits per heavy atom. The molecule has 0 amide bonds. The second kappa shape index (κ2) is 6.57. The Morgan fingerprint density at radius 2 is 1.25 bits per heavy atom. The molecule has 0 N–H and O–H groups in total. The highest BCUT2D eigenvalue weighted by molar-refractivity contribution is 5.11. The van der Waals surface area contributed by atoms with Crippen LogP contribution in [-0.2, 0) is 9.68 Å². The molecule has 2 aromatic heterocycles. The predicted octanol–water partition coefficient (Wildman–Crippen LogP) is 2.53. The van der Waals surface area contributed by atoms with Crippen LogP contribution >= 0.6 is 0 Å². The van der Waals surface area contributed by atoms with Crippen LogP contribution in [0.5, 0.6) is 0 Å². The van der Waals surface area contributed by atoms with Gasteiger partial charge in [0.2, 0.25) is 0 Å². The molecule has 2 aliphatic rings. The molecule has 4 atom stereocenters. The topological polar surface area (TPSA) is 50.7 Å². The maximum absolute atomic E-state index is 6.03. The van der Waals surface area contributed by atoms with Crippen molar-refractivity contribution in [2.45, 2.75) is 37.1 Å². The molecule has 0 saturated carbocycles. The van der Waals surface area contributed by atoms with Crippen LogP contribution in [0.1, 0.15) is 36.4 Å². The van der Waals surface area contributed by atoms with Gasteiger partial charge >= 0.3 is 0 Å². The van der Waals surface area contributed by atoms with Crippen molar-refractivity contribution in [3.8, 4) is 0 Å². The quantitative estimate of drug-likeness (QED) is 0.864. The fourth-order valence-electron chi connectivity index (χ4n) is 3.66. The van der Waals surface area contributed by atoms with Gasteiger partial charge in [-0.15, -0.1) is 0 Å². The van der Waals surface area contributed by atoms with Crippen molar-refractivity contribution in [1.82, 2.24) is 20.1 Å². The summed E-state index contributed by atoms with van der Waals surface area (Å²) >= 11 is 0. The molecule has 0 bridgehead atoms. The van der Waals surface area contributed by atoms with E-state index in [9.17, 15) is 0 Å². The van der Waals surface area contributed by atoms with Gasteiger partial charge in [0.1, 0.15) is 12.2 Å². The number of likely N-dealkylation sites (N-methyl/N-ethyl adjacent to an activating group) is 2. The van der Waals surface area contributed by atoms with Gasteiger partial charge in [0.25, 0.3) is 0 Å². The molecule has 126 valence electrons. The molecule has 0 radical (unpaired) electrons. The lowest BCUT2D eigenvalue weighted by atomic mass is 9.96. The van der Waals surface area contributed by atoms with Gasteiger partial charge in [-0.1, -0.05) is 12.1 Å². The third-order valence-electron chi connectivity index (χ3n) is 4.91. The smallest absolute Gasteiger partial charge is 0.123 e. The fraction of sp³-hybridized carbons (Fsp3) is 0.444. The van der Waals surface area contributed by atoms with Crippen LogP contribution in [0.4, 0.5) is 0 Å². The third-order valence-corrected chi connectivity index (χ3v) is 4.91. The standard InChI is InChI=1S/C18H22N4O2/c1-21-15(11-17(23-21)13-7-3-5-9-19-13)16-12-18(24-22(16)2)14-8-4-6-10-20-14/h3-10,15-18H,11-12H2,1-2H3/t15-,16-,17+,18+/m0/s1. The lowest BCUT2D eigenvalue weighted by molar-refractivity contribution is -0.184. The van der Waals surface area contributed by atoms with Crippen LogP contribution in [0.2, 0.25) is 0 Å². The van der Waals surface area contributed by atoms with Gasteiger partial charge in [-0.3, -0.25) is 19.6 Å². The lowest BCUT2D eigenvalue weighted by Crippen LogP contribution is -2.42. The van der Waals surface area contributed by atoms with Crippen molar-refractivity contribution in [2.24, 2.45) is 0 Å². The fourth-order valence-corrected chi connectivity index (χ4v) is 3.66. The summed E-state index contributed by atoms with van der Waals surface area (Å²) in [6, 6.07) is 12.4. The molecule has 6 nitrogen and oxygen atoms in total. The largest absolute Gasteiger partial charge is 0.289 e. The molecule has 4 rings (SSSR count). The SMILES string of the molecule is CN1O[C@@H](c2ccccn2)C[C@H]1[C@@H]1C[C@H](c2ccccn2)ON1C. The molecule has 2 aromatic rings. The summed E-state index contributed by atoms with van der Waals surface area (Å²) in [6.45, 7) is 0. The van der Waals surface area contributed by atoms with Gasteiger partial charge in [-0.2, -0.15) is 10.1 Å². The number of rotatable bonds is 3. The van der Waals surface area contributed by atoms with E-state index in [-0.39, 0.29) is 24.3 Å². The second-order valence-corrected chi connectivity index (χ2v) is 6.40. The van der Waals surface area contributed by atoms with Crippen molar-refractivity contribution in [1.29, 1.82) is 0 Å². The predicted molar refractivity (Wildman–Crippen MR) is 88.5 cm³/mol. The number of hydroxylamine groups is 4. The highest BCUT2D eigenvalue weighted by Crippen LogP contribution is 2.40. The first-order chi connectivity index (χ1) is 11.7. The molecule has 0 aromatic carbocycles. The van der Waals surface area contributed by atoms with Crippen molar-refractivity contribution in [3.05, 3.63) is 60.2 Å². The summed E-state index contributed by atoms with van der Waals surface area (Å²) in [4.78, 5) is 20.9. The van der Waals surface area contributed by atoms with E-state index in [4.69, 9.17) is 9.68 Å². The van der Waals surface area contributed by atoms with Crippen molar-refractivity contribution < 1.29 is 9.68 Å². The molecule has 24 heavy (non-hydrogen) atoms. The maximum Gasteiger partial charge on any atom is 0.123 e. The van der Waals surface area contributed by atoms with Gasteiger partial charge in [-0.05, 0) is 24.3 Å². The van der Waals surface area contributed by atoms with E-state index in [1.807, 2.05) is 73.0 Å². The van der Waals surface area contributed by atoms with Gasteiger partial charge in [0.05, 0.1) is 23.5 Å². The van der Waals surface area contributed by atoms with E-state index < -0.39 is 0 Å². The zero-order valence-corrected chi connectivity index (χ0v) is 13.9. The summed E-state index contributed by atoms with van der Waals surface area (Å²) in [5, 5.41) is 3.93. The first kappa shape index (κ1) is 15.7. The van der Waals surface area contributed by atoms with Crippen molar-refractivity contribution in [3.63, 3.8) is 0 Å². The van der Waals surface area contributed by atoms with E-state index in [0.717, 1.165) is 24.2 Å². The number of hydrogen-bond donors (Lipinski definition) is 0. The monoisotopic (exact) mass is 326 g/mol. The Balaban J connectivity index is 1.48. The number of pyridine rings is 2. The first-order valence-electron chi connectivity index (χ1n) is 8.33. The molecule has 0 aliphatic carbocycles. The summed E-state index contributed by atoms with van der Waals surface area (Å²) in [5.41, 5.74) is 1.96. The molecule has 0 unspecified atom stereocenters. The summed E-state index contributed by atoms with van der Waals surface area (Å²) in [5.74, 6) is 0. The van der Waals surface area contributed by atoms with Crippen molar-refractivity contribution >= 4 is 0 Å². The molecule has 6 heteroatoms. The molecule has 2 saturated heterocycles. The van der Waals surface area contributed by atoms with Crippen LogP contribution in [-0.4, -0.2) is 46.3 Å². The minimum atomic E-state index is 0.00324. The average molecular weight is 326 g/mol. The van der Waals surface area contributed by atoms with Crippen LogP contribution in [0.15, 0.2) is 48.8 Å². The number of aromatic nitrogens is 2. The molecular weight excluding hydrogens is 304 g/mol. The molecule has 2 fully saturated rings. The molecule has 0 spiro atoms. The summed E-state index contributed by atoms with van der Waals surface area (Å²) < 4.78 is 0. The Labute approximate surface area is 141 Å². The van der Waals surface area contributed by atoms with Crippen LogP contribution in [0.25, 0.3) is 0 Å². The van der Waals surface area contributed by atoms with E-state index in [0.29, 0.717) is 0 Å². The zero-order valence-electron chi connectivity index (χ0n) is 13.9. The van der Waals surface area contributed by atoms with E-state index in [1.54, 1.807) is 0 Å². The van der Waals surface area contributed by atoms with Crippen LogP contribution in [0.3, 0.4) is 0 Å². The molecule has 4 heterocycles. The van der Waals surface area contributed by atoms with E-state index in [2.05, 4.69) is 9.97 Å². The van der Waals surface area contributed by atoms with Gasteiger partial charge in [-0.25, -0.2) is 0 Å². The average Bonchev–Trinajstić information content (AvgIpc) is 3.19. The maximum atomic E-state index is 6.03. The minimum Gasteiger partial charge on any atom is -0.289 e. The number of nitrogens with zero attached hydrogens (tertiary/aromatic N) is 4. The van der Waals surface area contributed by atoms with E-state index >= 15 is 0 Å². The van der Waals surface area contributed by atoms with Gasteiger partial charge in [0, 0.05) is 39.3 Å². The molecule has 2 aliphatic heterocycles. The minimum absolute atomic E-state index is 0.00324. The van der Waals surface area contributed by atoms with E-state index in [1.165, 1.54) is 0 Å².